The summed E-state index contributed by atoms with van der Waals surface area (Å²) in [6.07, 6.45) is -4.49. The minimum Gasteiger partial charge on any atom is -0.322 e. The first-order valence-corrected chi connectivity index (χ1v) is 8.57. The Bertz CT molecular complexity index is 921. The van der Waals surface area contributed by atoms with E-state index in [-0.39, 0.29) is 16.1 Å². The van der Waals surface area contributed by atoms with Crippen LogP contribution in [0.5, 0.6) is 0 Å². The van der Waals surface area contributed by atoms with Crippen LogP contribution >= 0.6 is 0 Å². The number of aryl methyl sites for hydroxylation is 1. The Balaban J connectivity index is 2.33. The van der Waals surface area contributed by atoms with E-state index in [1.807, 2.05) is 0 Å². The highest BCUT2D eigenvalue weighted by Crippen LogP contribution is 2.29. The molecule has 0 aliphatic carbocycles. The standard InChI is InChI=1S/C16H15F3N2O3S/c1-9-7-13(25(20,23)24)8-14(10(9)2)21-15(22)11-3-5-12(6-4-11)16(17,18)19/h3-8H,1-2H3,(H,21,22)(H2,20,23,24). The Hall–Kier alpha value is -2.39. The normalized spacial score (nSPS) is 12.1. The molecule has 2 aromatic carbocycles. The van der Waals surface area contributed by atoms with Crippen LogP contribution in [-0.4, -0.2) is 14.3 Å². The zero-order valence-electron chi connectivity index (χ0n) is 13.3. The molecule has 0 bridgehead atoms. The number of benzene rings is 2. The lowest BCUT2D eigenvalue weighted by molar-refractivity contribution is -0.137. The van der Waals surface area contributed by atoms with Gasteiger partial charge in [0.05, 0.1) is 10.5 Å². The maximum absolute atomic E-state index is 12.6. The maximum Gasteiger partial charge on any atom is 0.416 e. The molecular weight excluding hydrogens is 357 g/mol. The van der Waals surface area contributed by atoms with Gasteiger partial charge < -0.3 is 5.32 Å². The fourth-order valence-corrected chi connectivity index (χ4v) is 2.75. The van der Waals surface area contributed by atoms with Crippen LogP contribution in [0.2, 0.25) is 0 Å². The van der Waals surface area contributed by atoms with Crippen molar-refractivity contribution in [2.75, 3.05) is 5.32 Å². The lowest BCUT2D eigenvalue weighted by Gasteiger charge is -2.13. The molecule has 25 heavy (non-hydrogen) atoms. The largest absolute Gasteiger partial charge is 0.416 e. The van der Waals surface area contributed by atoms with Crippen LogP contribution in [0.4, 0.5) is 18.9 Å². The molecule has 5 nitrogen and oxygen atoms in total. The molecule has 0 radical (unpaired) electrons. The molecule has 0 saturated heterocycles. The quantitative estimate of drug-likeness (QED) is 0.867. The number of nitrogens with two attached hydrogens (primary N) is 1. The SMILES string of the molecule is Cc1cc(S(N)(=O)=O)cc(NC(=O)c2ccc(C(F)(F)F)cc2)c1C. The number of carbonyl (C=O) groups is 1. The molecule has 134 valence electrons. The number of carbonyl (C=O) groups excluding carboxylic acids is 1. The van der Waals surface area contributed by atoms with Gasteiger partial charge in [0.1, 0.15) is 0 Å². The molecule has 0 heterocycles. The molecular formula is C16H15F3N2O3S. The summed E-state index contributed by atoms with van der Waals surface area (Å²) in [4.78, 5) is 12.1. The van der Waals surface area contributed by atoms with Crippen LogP contribution in [0, 0.1) is 13.8 Å². The van der Waals surface area contributed by atoms with E-state index < -0.39 is 27.7 Å². The highest BCUT2D eigenvalue weighted by Gasteiger charge is 2.30. The highest BCUT2D eigenvalue weighted by atomic mass is 32.2. The van der Waals surface area contributed by atoms with Crippen LogP contribution in [0.3, 0.4) is 0 Å². The fraction of sp³-hybridized carbons (Fsp3) is 0.188. The van der Waals surface area contributed by atoms with Gasteiger partial charge in [-0.3, -0.25) is 4.79 Å². The molecule has 0 aliphatic heterocycles. The van der Waals surface area contributed by atoms with Crippen molar-refractivity contribution in [1.82, 2.24) is 0 Å². The second kappa shape index (κ2) is 6.49. The Kier molecular flexibility index (Phi) is 4.92. The van der Waals surface area contributed by atoms with Crippen molar-refractivity contribution in [3.8, 4) is 0 Å². The van der Waals surface area contributed by atoms with Crippen molar-refractivity contribution < 1.29 is 26.4 Å². The van der Waals surface area contributed by atoms with Crippen molar-refractivity contribution in [1.29, 1.82) is 0 Å². The zero-order valence-corrected chi connectivity index (χ0v) is 14.1. The fourth-order valence-electron chi connectivity index (χ4n) is 2.13. The van der Waals surface area contributed by atoms with Crippen LogP contribution in [0.15, 0.2) is 41.3 Å². The number of rotatable bonds is 3. The molecule has 0 saturated carbocycles. The number of nitrogens with one attached hydrogen (secondary N) is 1. The predicted molar refractivity (Wildman–Crippen MR) is 86.7 cm³/mol. The van der Waals surface area contributed by atoms with E-state index in [2.05, 4.69) is 5.32 Å². The van der Waals surface area contributed by atoms with E-state index in [0.29, 0.717) is 11.1 Å². The van der Waals surface area contributed by atoms with Gasteiger partial charge in [-0.1, -0.05) is 0 Å². The molecule has 9 heteroatoms. The summed E-state index contributed by atoms with van der Waals surface area (Å²) in [5.74, 6) is -0.664. The molecule has 2 rings (SSSR count). The summed E-state index contributed by atoms with van der Waals surface area (Å²) in [5.41, 5.74) is 0.564. The van der Waals surface area contributed by atoms with E-state index in [0.717, 1.165) is 24.3 Å². The van der Waals surface area contributed by atoms with Crippen LogP contribution in [0.25, 0.3) is 0 Å². The van der Waals surface area contributed by atoms with Gasteiger partial charge in [-0.25, -0.2) is 13.6 Å². The van der Waals surface area contributed by atoms with Crippen LogP contribution in [-0.2, 0) is 16.2 Å². The number of primary sulfonamides is 1. The van der Waals surface area contributed by atoms with Gasteiger partial charge >= 0.3 is 6.18 Å². The summed E-state index contributed by atoms with van der Waals surface area (Å²) < 4.78 is 60.6. The molecule has 0 spiro atoms. The van der Waals surface area contributed by atoms with E-state index in [9.17, 15) is 26.4 Å². The summed E-state index contributed by atoms with van der Waals surface area (Å²) >= 11 is 0. The average molecular weight is 372 g/mol. The molecule has 0 aromatic heterocycles. The minimum absolute atomic E-state index is 0.00561. The Labute approximate surface area is 142 Å². The molecule has 0 aliphatic rings. The Morgan fingerprint density at radius 3 is 2.12 bits per heavy atom. The van der Waals surface area contributed by atoms with E-state index in [4.69, 9.17) is 5.14 Å². The summed E-state index contributed by atoms with van der Waals surface area (Å²) in [7, 11) is -3.96. The maximum atomic E-state index is 12.6. The van der Waals surface area contributed by atoms with Crippen molar-refractivity contribution >= 4 is 21.6 Å². The zero-order chi connectivity index (χ0) is 19.0. The van der Waals surface area contributed by atoms with Gasteiger partial charge in [0.15, 0.2) is 0 Å². The highest BCUT2D eigenvalue weighted by molar-refractivity contribution is 7.89. The molecule has 0 unspecified atom stereocenters. The van der Waals surface area contributed by atoms with Crippen LogP contribution < -0.4 is 10.5 Å². The third-order valence-electron chi connectivity index (χ3n) is 3.69. The topological polar surface area (TPSA) is 89.3 Å². The van der Waals surface area contributed by atoms with Crippen molar-refractivity contribution in [2.24, 2.45) is 5.14 Å². The van der Waals surface area contributed by atoms with Gasteiger partial charge in [0.2, 0.25) is 10.0 Å². The molecule has 0 fully saturated rings. The minimum atomic E-state index is -4.49. The molecule has 1 amide bonds. The van der Waals surface area contributed by atoms with Crippen molar-refractivity contribution in [3.05, 3.63) is 58.7 Å². The third kappa shape index (κ3) is 4.37. The first-order chi connectivity index (χ1) is 11.4. The monoisotopic (exact) mass is 372 g/mol. The second-order valence-electron chi connectivity index (χ2n) is 5.49. The number of alkyl halides is 3. The first kappa shape index (κ1) is 18.9. The number of sulfonamides is 1. The first-order valence-electron chi connectivity index (χ1n) is 7.02. The van der Waals surface area contributed by atoms with Gasteiger partial charge in [-0.2, -0.15) is 13.2 Å². The lowest BCUT2D eigenvalue weighted by atomic mass is 10.1. The summed E-state index contributed by atoms with van der Waals surface area (Å²) in [6.45, 7) is 3.32. The number of hydrogen-bond acceptors (Lipinski definition) is 3. The molecule has 2 aromatic rings. The van der Waals surface area contributed by atoms with Gasteiger partial charge in [-0.15, -0.1) is 0 Å². The summed E-state index contributed by atoms with van der Waals surface area (Å²) in [6, 6.07) is 6.27. The van der Waals surface area contributed by atoms with Gasteiger partial charge in [0.25, 0.3) is 5.91 Å². The number of halogens is 3. The molecule has 0 atom stereocenters. The Morgan fingerprint density at radius 2 is 1.64 bits per heavy atom. The van der Waals surface area contributed by atoms with Crippen molar-refractivity contribution in [2.45, 2.75) is 24.9 Å². The smallest absolute Gasteiger partial charge is 0.322 e. The third-order valence-corrected chi connectivity index (χ3v) is 4.58. The van der Waals surface area contributed by atoms with E-state index in [1.165, 1.54) is 12.1 Å². The predicted octanol–water partition coefficient (Wildman–Crippen LogP) is 3.22. The van der Waals surface area contributed by atoms with Gasteiger partial charge in [0, 0.05) is 11.3 Å². The Morgan fingerprint density at radius 1 is 1.08 bits per heavy atom. The second-order valence-corrected chi connectivity index (χ2v) is 7.05. The van der Waals surface area contributed by atoms with E-state index >= 15 is 0 Å². The lowest BCUT2D eigenvalue weighted by Crippen LogP contribution is -2.16. The number of anilines is 1. The summed E-state index contributed by atoms with van der Waals surface area (Å²) in [5, 5.41) is 7.59. The van der Waals surface area contributed by atoms with Crippen molar-refractivity contribution in [3.63, 3.8) is 0 Å². The average Bonchev–Trinajstić information content (AvgIpc) is 2.49. The van der Waals surface area contributed by atoms with Crippen LogP contribution in [0.1, 0.15) is 27.0 Å². The van der Waals surface area contributed by atoms with Gasteiger partial charge in [-0.05, 0) is 61.4 Å². The number of hydrogen-bond donors (Lipinski definition) is 2. The molecule has 3 N–H and O–H groups in total. The number of amides is 1. The van der Waals surface area contributed by atoms with E-state index in [1.54, 1.807) is 13.8 Å².